The molecule has 3 N–H and O–H groups in total. The van der Waals surface area contributed by atoms with E-state index in [2.05, 4.69) is 4.98 Å². The van der Waals surface area contributed by atoms with Gasteiger partial charge in [-0.1, -0.05) is 0 Å². The van der Waals surface area contributed by atoms with Crippen LogP contribution >= 0.6 is 0 Å². The Morgan fingerprint density at radius 2 is 2.33 bits per heavy atom. The van der Waals surface area contributed by atoms with Crippen LogP contribution in [0.2, 0.25) is 0 Å². The van der Waals surface area contributed by atoms with Crippen LogP contribution in [0.4, 0.5) is 5.82 Å². The highest BCUT2D eigenvalue weighted by Crippen LogP contribution is 2.25. The third-order valence-corrected chi connectivity index (χ3v) is 5.23. The molecule has 0 aromatic carbocycles. The van der Waals surface area contributed by atoms with Crippen LogP contribution in [0.5, 0.6) is 0 Å². The number of aliphatic hydroxyl groups excluding tert-OH is 1. The molecule has 1 saturated heterocycles. The van der Waals surface area contributed by atoms with Gasteiger partial charge in [0.05, 0.1) is 6.33 Å². The molecule has 1 fully saturated rings. The number of rotatable bonds is 3. The molecule has 0 bridgehead atoms. The molecule has 102 valence electrons. The molecule has 7 nitrogen and oxygen atoms in total. The molecule has 1 unspecified atom stereocenters. The van der Waals surface area contributed by atoms with Gasteiger partial charge in [-0.15, -0.1) is 0 Å². The number of nitrogens with zero attached hydrogens (tertiary/aromatic N) is 3. The fourth-order valence-electron chi connectivity index (χ4n) is 2.27. The molecule has 0 spiro atoms. The number of hydrogen-bond acceptors (Lipinski definition) is 5. The number of aromatic nitrogens is 2. The van der Waals surface area contributed by atoms with Gasteiger partial charge in [0.1, 0.15) is 0 Å². The summed E-state index contributed by atoms with van der Waals surface area (Å²) < 4.78 is 27.7. The number of nitrogens with two attached hydrogens (primary N) is 1. The summed E-state index contributed by atoms with van der Waals surface area (Å²) in [5.41, 5.74) is 5.61. The number of anilines is 1. The molecule has 8 heteroatoms. The molecule has 1 aliphatic rings. The van der Waals surface area contributed by atoms with Crippen LogP contribution in [0, 0.1) is 5.92 Å². The minimum atomic E-state index is -3.63. The van der Waals surface area contributed by atoms with Crippen LogP contribution in [0.25, 0.3) is 0 Å². The number of imidazole rings is 1. The summed E-state index contributed by atoms with van der Waals surface area (Å²) in [6, 6.07) is 0. The van der Waals surface area contributed by atoms with Crippen molar-refractivity contribution < 1.29 is 13.5 Å². The van der Waals surface area contributed by atoms with E-state index in [0.717, 1.165) is 12.8 Å². The summed E-state index contributed by atoms with van der Waals surface area (Å²) in [7, 11) is -2.02. The highest BCUT2D eigenvalue weighted by Gasteiger charge is 2.33. The number of aryl methyl sites for hydroxylation is 1. The summed E-state index contributed by atoms with van der Waals surface area (Å²) in [6.07, 6.45) is 2.99. The van der Waals surface area contributed by atoms with Crippen LogP contribution in [-0.2, 0) is 17.1 Å². The van der Waals surface area contributed by atoms with E-state index in [1.165, 1.54) is 15.2 Å². The first kappa shape index (κ1) is 13.3. The maximum absolute atomic E-state index is 12.5. The predicted octanol–water partition coefficient (Wildman–Crippen LogP) is -0.605. The summed E-state index contributed by atoms with van der Waals surface area (Å²) in [5, 5.41) is 9.18. The number of piperidine rings is 1. The Balaban J connectivity index is 2.31. The van der Waals surface area contributed by atoms with Crippen LogP contribution in [-0.4, -0.2) is 47.1 Å². The first-order valence-corrected chi connectivity index (χ1v) is 7.28. The number of aliphatic hydroxyl groups is 1. The van der Waals surface area contributed by atoms with Crippen molar-refractivity contribution in [1.29, 1.82) is 0 Å². The third kappa shape index (κ3) is 2.23. The Kier molecular flexibility index (Phi) is 3.60. The van der Waals surface area contributed by atoms with Gasteiger partial charge in [0.25, 0.3) is 10.0 Å². The van der Waals surface area contributed by atoms with Crippen LogP contribution in [0.15, 0.2) is 11.4 Å². The lowest BCUT2D eigenvalue weighted by Gasteiger charge is -2.30. The van der Waals surface area contributed by atoms with E-state index >= 15 is 0 Å². The van der Waals surface area contributed by atoms with Gasteiger partial charge in [-0.2, -0.15) is 4.31 Å². The zero-order chi connectivity index (χ0) is 13.3. The van der Waals surface area contributed by atoms with Crippen molar-refractivity contribution in [1.82, 2.24) is 13.9 Å². The Hall–Kier alpha value is -1.12. The molecule has 0 saturated carbocycles. The van der Waals surface area contributed by atoms with E-state index in [0.29, 0.717) is 13.1 Å². The maximum Gasteiger partial charge on any atom is 0.262 e. The molecule has 1 atom stereocenters. The van der Waals surface area contributed by atoms with Gasteiger partial charge in [0.2, 0.25) is 0 Å². The molecule has 2 heterocycles. The molecule has 1 aromatic rings. The van der Waals surface area contributed by atoms with E-state index in [-0.39, 0.29) is 23.4 Å². The summed E-state index contributed by atoms with van der Waals surface area (Å²) >= 11 is 0. The second-order valence-corrected chi connectivity index (χ2v) is 6.45. The van der Waals surface area contributed by atoms with E-state index < -0.39 is 10.0 Å². The van der Waals surface area contributed by atoms with Gasteiger partial charge in [-0.25, -0.2) is 13.4 Å². The van der Waals surface area contributed by atoms with Gasteiger partial charge in [-0.05, 0) is 18.8 Å². The molecule has 0 aliphatic carbocycles. The molecule has 1 aromatic heterocycles. The fraction of sp³-hybridized carbons (Fsp3) is 0.700. The lowest BCUT2D eigenvalue weighted by atomic mass is 10.0. The van der Waals surface area contributed by atoms with Gasteiger partial charge >= 0.3 is 0 Å². The predicted molar refractivity (Wildman–Crippen MR) is 66.2 cm³/mol. The van der Waals surface area contributed by atoms with E-state index in [4.69, 9.17) is 10.8 Å². The Bertz CT molecular complexity index is 506. The minimum Gasteiger partial charge on any atom is -0.396 e. The lowest BCUT2D eigenvalue weighted by molar-refractivity contribution is 0.165. The molecule has 0 radical (unpaired) electrons. The van der Waals surface area contributed by atoms with Crippen molar-refractivity contribution >= 4 is 15.8 Å². The van der Waals surface area contributed by atoms with Gasteiger partial charge < -0.3 is 15.4 Å². The maximum atomic E-state index is 12.5. The van der Waals surface area contributed by atoms with Crippen molar-refractivity contribution in [3.8, 4) is 0 Å². The molecular formula is C10H18N4O3S. The SMILES string of the molecule is Cn1cnc(N)c1S(=O)(=O)N1CCCC(CO)C1. The van der Waals surface area contributed by atoms with E-state index in [1.807, 2.05) is 0 Å². The molecule has 0 amide bonds. The fourth-order valence-corrected chi connectivity index (χ4v) is 4.02. The summed E-state index contributed by atoms with van der Waals surface area (Å²) in [5.74, 6) is 0.0200. The van der Waals surface area contributed by atoms with Crippen molar-refractivity contribution in [3.63, 3.8) is 0 Å². The van der Waals surface area contributed by atoms with E-state index in [1.54, 1.807) is 7.05 Å². The topological polar surface area (TPSA) is 101 Å². The molecule has 1 aliphatic heterocycles. The van der Waals surface area contributed by atoms with Gasteiger partial charge in [0, 0.05) is 26.7 Å². The quantitative estimate of drug-likeness (QED) is 0.766. The Morgan fingerprint density at radius 3 is 2.89 bits per heavy atom. The number of nitrogen functional groups attached to an aromatic ring is 1. The second-order valence-electron chi connectivity index (χ2n) is 4.60. The Morgan fingerprint density at radius 1 is 1.61 bits per heavy atom. The zero-order valence-electron chi connectivity index (χ0n) is 10.3. The van der Waals surface area contributed by atoms with Crippen LogP contribution in [0.1, 0.15) is 12.8 Å². The molecule has 2 rings (SSSR count). The minimum absolute atomic E-state index is 0.00276. The normalized spacial score (nSPS) is 22.2. The zero-order valence-corrected chi connectivity index (χ0v) is 11.1. The highest BCUT2D eigenvalue weighted by atomic mass is 32.2. The average molecular weight is 274 g/mol. The standard InChI is InChI=1S/C10H18N4O3S/c1-13-7-12-9(11)10(13)18(16,17)14-4-2-3-8(5-14)6-15/h7-8,15H,2-6,11H2,1H3. The van der Waals surface area contributed by atoms with E-state index in [9.17, 15) is 8.42 Å². The van der Waals surface area contributed by atoms with Crippen LogP contribution in [0.3, 0.4) is 0 Å². The van der Waals surface area contributed by atoms with Crippen molar-refractivity contribution in [2.45, 2.75) is 17.9 Å². The monoisotopic (exact) mass is 274 g/mol. The van der Waals surface area contributed by atoms with Gasteiger partial charge in [0.15, 0.2) is 10.8 Å². The molecular weight excluding hydrogens is 256 g/mol. The first-order chi connectivity index (χ1) is 8.46. The summed E-state index contributed by atoms with van der Waals surface area (Å²) in [4.78, 5) is 3.80. The largest absolute Gasteiger partial charge is 0.396 e. The van der Waals surface area contributed by atoms with Crippen molar-refractivity contribution in [2.24, 2.45) is 13.0 Å². The smallest absolute Gasteiger partial charge is 0.262 e. The number of sulfonamides is 1. The Labute approximate surface area is 106 Å². The lowest BCUT2D eigenvalue weighted by Crippen LogP contribution is -2.41. The first-order valence-electron chi connectivity index (χ1n) is 5.84. The highest BCUT2D eigenvalue weighted by molar-refractivity contribution is 7.89. The number of hydrogen-bond donors (Lipinski definition) is 2. The molecule has 18 heavy (non-hydrogen) atoms. The van der Waals surface area contributed by atoms with Crippen molar-refractivity contribution in [3.05, 3.63) is 6.33 Å². The van der Waals surface area contributed by atoms with Crippen LogP contribution < -0.4 is 5.73 Å². The van der Waals surface area contributed by atoms with Gasteiger partial charge in [-0.3, -0.25) is 0 Å². The second kappa shape index (κ2) is 4.87. The van der Waals surface area contributed by atoms with Crippen molar-refractivity contribution in [2.75, 3.05) is 25.4 Å². The average Bonchev–Trinajstić information content (AvgIpc) is 2.69. The third-order valence-electron chi connectivity index (χ3n) is 3.23. The summed E-state index contributed by atoms with van der Waals surface area (Å²) in [6.45, 7) is 0.805.